The van der Waals surface area contributed by atoms with Crippen LogP contribution in [0.3, 0.4) is 0 Å². The van der Waals surface area contributed by atoms with E-state index in [1.807, 2.05) is 19.0 Å². The smallest absolute Gasteiger partial charge is 0.204 e. The van der Waals surface area contributed by atoms with Gasteiger partial charge in [0.2, 0.25) is 5.13 Å². The van der Waals surface area contributed by atoms with Gasteiger partial charge in [0.25, 0.3) is 0 Å². The van der Waals surface area contributed by atoms with Crippen molar-refractivity contribution in [3.05, 3.63) is 34.6 Å². The number of rotatable bonds is 6. The molecular formula is C13H16ClN3O2S2. The lowest BCUT2D eigenvalue weighted by atomic mass is 10.2. The van der Waals surface area contributed by atoms with Crippen molar-refractivity contribution in [3.8, 4) is 5.75 Å². The van der Waals surface area contributed by atoms with Crippen LogP contribution in [0.1, 0.15) is 11.4 Å². The summed E-state index contributed by atoms with van der Waals surface area (Å²) >= 11 is 7.27. The third kappa shape index (κ3) is 4.39. The van der Waals surface area contributed by atoms with Crippen LogP contribution >= 0.6 is 23.1 Å². The van der Waals surface area contributed by atoms with Crippen molar-refractivity contribution in [2.45, 2.75) is 11.5 Å². The summed E-state index contributed by atoms with van der Waals surface area (Å²) in [6.45, 7) is 0. The molecular weight excluding hydrogens is 330 g/mol. The van der Waals surface area contributed by atoms with E-state index in [9.17, 15) is 4.21 Å². The molecule has 5 nitrogen and oxygen atoms in total. The van der Waals surface area contributed by atoms with Crippen LogP contribution in [0.4, 0.5) is 5.13 Å². The van der Waals surface area contributed by atoms with Crippen LogP contribution < -0.4 is 9.64 Å². The summed E-state index contributed by atoms with van der Waals surface area (Å²) in [7, 11) is 4.27. The van der Waals surface area contributed by atoms with E-state index in [0.29, 0.717) is 28.1 Å². The SMILES string of the molecule is COc1ccc(Cl)cc1C[S@](=O)Cc1nsc(N(C)C)n1. The molecule has 0 aliphatic carbocycles. The number of hydrogen-bond donors (Lipinski definition) is 0. The molecule has 8 heteroatoms. The number of halogens is 1. The molecule has 2 aromatic rings. The van der Waals surface area contributed by atoms with Crippen molar-refractivity contribution >= 4 is 39.1 Å². The summed E-state index contributed by atoms with van der Waals surface area (Å²) in [6, 6.07) is 5.30. The van der Waals surface area contributed by atoms with Gasteiger partial charge < -0.3 is 9.64 Å². The highest BCUT2D eigenvalue weighted by molar-refractivity contribution is 7.83. The van der Waals surface area contributed by atoms with Crippen molar-refractivity contribution in [1.29, 1.82) is 0 Å². The molecule has 114 valence electrons. The van der Waals surface area contributed by atoms with Gasteiger partial charge >= 0.3 is 0 Å². The summed E-state index contributed by atoms with van der Waals surface area (Å²) in [6.07, 6.45) is 0. The molecule has 0 amide bonds. The van der Waals surface area contributed by atoms with E-state index in [-0.39, 0.29) is 0 Å². The maximum absolute atomic E-state index is 12.3. The highest BCUT2D eigenvalue weighted by Crippen LogP contribution is 2.24. The van der Waals surface area contributed by atoms with Gasteiger partial charge in [-0.2, -0.15) is 4.37 Å². The molecule has 0 saturated carbocycles. The summed E-state index contributed by atoms with van der Waals surface area (Å²) < 4.78 is 21.7. The predicted molar refractivity (Wildman–Crippen MR) is 87.8 cm³/mol. The first kappa shape index (κ1) is 16.2. The van der Waals surface area contributed by atoms with Gasteiger partial charge in [0.1, 0.15) is 5.75 Å². The van der Waals surface area contributed by atoms with Crippen molar-refractivity contribution in [3.63, 3.8) is 0 Å². The second-order valence-corrected chi connectivity index (χ2v) is 7.20. The van der Waals surface area contributed by atoms with Gasteiger partial charge in [-0.05, 0) is 18.2 Å². The molecule has 0 unspecified atom stereocenters. The fourth-order valence-electron chi connectivity index (χ4n) is 1.71. The van der Waals surface area contributed by atoms with E-state index in [2.05, 4.69) is 9.36 Å². The molecule has 2 rings (SSSR count). The zero-order valence-electron chi connectivity index (χ0n) is 12.0. The number of methoxy groups -OCH3 is 1. The van der Waals surface area contributed by atoms with Crippen molar-refractivity contribution < 1.29 is 8.95 Å². The number of hydrogen-bond acceptors (Lipinski definition) is 6. The Morgan fingerprint density at radius 3 is 2.76 bits per heavy atom. The number of aromatic nitrogens is 2. The molecule has 1 atom stereocenters. The van der Waals surface area contributed by atoms with Crippen LogP contribution in [0.5, 0.6) is 5.75 Å². The Morgan fingerprint density at radius 1 is 1.38 bits per heavy atom. The lowest BCUT2D eigenvalue weighted by molar-refractivity contribution is 0.411. The minimum Gasteiger partial charge on any atom is -0.496 e. The minimum atomic E-state index is -1.12. The maximum Gasteiger partial charge on any atom is 0.204 e. The molecule has 0 radical (unpaired) electrons. The van der Waals surface area contributed by atoms with Gasteiger partial charge in [-0.1, -0.05) is 11.6 Å². The molecule has 0 saturated heterocycles. The Labute approximate surface area is 135 Å². The van der Waals surface area contributed by atoms with Crippen LogP contribution in [0, 0.1) is 0 Å². The lowest BCUT2D eigenvalue weighted by Gasteiger charge is -2.08. The Balaban J connectivity index is 2.06. The maximum atomic E-state index is 12.3. The lowest BCUT2D eigenvalue weighted by Crippen LogP contribution is -2.08. The van der Waals surface area contributed by atoms with Crippen LogP contribution in [0.25, 0.3) is 0 Å². The Hall–Kier alpha value is -1.18. The summed E-state index contributed by atoms with van der Waals surface area (Å²) in [5, 5.41) is 1.41. The zero-order valence-corrected chi connectivity index (χ0v) is 14.4. The molecule has 0 aliphatic rings. The second-order valence-electron chi connectivity index (χ2n) is 4.57. The Morgan fingerprint density at radius 2 is 2.14 bits per heavy atom. The number of benzene rings is 1. The average molecular weight is 346 g/mol. The molecule has 1 heterocycles. The van der Waals surface area contributed by atoms with Gasteiger partial charge in [-0.3, -0.25) is 4.21 Å². The van der Waals surface area contributed by atoms with Crippen molar-refractivity contribution in [2.75, 3.05) is 26.1 Å². The first-order valence-corrected chi connectivity index (χ1v) is 8.81. The van der Waals surface area contributed by atoms with E-state index in [1.165, 1.54) is 11.5 Å². The van der Waals surface area contributed by atoms with Crippen LogP contribution in [-0.2, 0) is 22.3 Å². The Bertz CT molecular complexity index is 646. The van der Waals surface area contributed by atoms with Gasteiger partial charge in [0.15, 0.2) is 5.82 Å². The quantitative estimate of drug-likeness (QED) is 0.805. The highest BCUT2D eigenvalue weighted by Gasteiger charge is 2.12. The van der Waals surface area contributed by atoms with Gasteiger partial charge in [0, 0.05) is 47.0 Å². The van der Waals surface area contributed by atoms with E-state index < -0.39 is 10.8 Å². The van der Waals surface area contributed by atoms with Gasteiger partial charge in [-0.15, -0.1) is 0 Å². The summed E-state index contributed by atoms with van der Waals surface area (Å²) in [5.41, 5.74) is 0.825. The van der Waals surface area contributed by atoms with Crippen LogP contribution in [-0.4, -0.2) is 34.8 Å². The number of nitrogens with zero attached hydrogens (tertiary/aromatic N) is 3. The second kappa shape index (κ2) is 7.20. The average Bonchev–Trinajstić information content (AvgIpc) is 2.87. The molecule has 1 aromatic heterocycles. The number of anilines is 1. The van der Waals surface area contributed by atoms with E-state index >= 15 is 0 Å². The third-order valence-electron chi connectivity index (χ3n) is 2.69. The predicted octanol–water partition coefficient (Wildman–Crippen LogP) is 2.72. The van der Waals surface area contributed by atoms with Crippen molar-refractivity contribution in [2.24, 2.45) is 0 Å². The Kier molecular flexibility index (Phi) is 5.55. The van der Waals surface area contributed by atoms with Crippen molar-refractivity contribution in [1.82, 2.24) is 9.36 Å². The molecule has 0 N–H and O–H groups in total. The van der Waals surface area contributed by atoms with Gasteiger partial charge in [0.05, 0.1) is 18.6 Å². The third-order valence-corrected chi connectivity index (χ3v) is 5.06. The van der Waals surface area contributed by atoms with E-state index in [4.69, 9.17) is 16.3 Å². The zero-order chi connectivity index (χ0) is 15.4. The summed E-state index contributed by atoms with van der Waals surface area (Å²) in [4.78, 5) is 6.21. The standard InChI is InChI=1S/C13H16ClN3O2S2/c1-17(2)13-15-12(16-20-13)8-21(18)7-9-6-10(14)4-5-11(9)19-3/h4-6H,7-8H2,1-3H3/t21-/m0/s1. The molecule has 0 spiro atoms. The molecule has 0 fully saturated rings. The van der Waals surface area contributed by atoms with E-state index in [1.54, 1.807) is 25.3 Å². The number of ether oxygens (including phenoxy) is 1. The fraction of sp³-hybridized carbons (Fsp3) is 0.385. The van der Waals surface area contributed by atoms with E-state index in [0.717, 1.165) is 10.7 Å². The molecule has 1 aromatic carbocycles. The van der Waals surface area contributed by atoms with Gasteiger partial charge in [-0.25, -0.2) is 4.98 Å². The molecule has 0 bridgehead atoms. The van der Waals surface area contributed by atoms with Crippen LogP contribution in [0.15, 0.2) is 18.2 Å². The fourth-order valence-corrected chi connectivity index (χ4v) is 3.68. The topological polar surface area (TPSA) is 55.3 Å². The normalized spacial score (nSPS) is 12.2. The summed E-state index contributed by atoms with van der Waals surface area (Å²) in [5.74, 6) is 1.97. The monoisotopic (exact) mass is 345 g/mol. The first-order valence-electron chi connectivity index (χ1n) is 6.17. The first-order chi connectivity index (χ1) is 9.99. The highest BCUT2D eigenvalue weighted by atomic mass is 35.5. The molecule has 21 heavy (non-hydrogen) atoms. The van der Waals surface area contributed by atoms with Crippen LogP contribution in [0.2, 0.25) is 5.02 Å². The largest absolute Gasteiger partial charge is 0.496 e. The minimum absolute atomic E-state index is 0.319. The molecule has 0 aliphatic heterocycles.